The van der Waals surface area contributed by atoms with Gasteiger partial charge in [0.15, 0.2) is 0 Å². The molecule has 32 heavy (non-hydrogen) atoms. The third kappa shape index (κ3) is 4.61. The fraction of sp³-hybridized carbons (Fsp3) is 0.440. The normalized spacial score (nSPS) is 21.3. The summed E-state index contributed by atoms with van der Waals surface area (Å²) < 4.78 is 34.2. The molecular formula is C25H28F2N2O3. The molecule has 2 aliphatic heterocycles. The topological polar surface area (TPSA) is 58.6 Å². The molecule has 0 unspecified atom stereocenters. The number of fused-ring (bicyclic) bond motifs is 2. The summed E-state index contributed by atoms with van der Waals surface area (Å²) in [5.74, 6) is -1.42. The molecule has 170 valence electrons. The first-order chi connectivity index (χ1) is 15.3. The number of halogens is 2. The van der Waals surface area contributed by atoms with E-state index in [0.717, 1.165) is 17.7 Å². The zero-order chi connectivity index (χ0) is 22.8. The molecule has 0 aromatic heterocycles. The number of ether oxygens (including phenoxy) is 1. The number of hydrogen-bond donors (Lipinski definition) is 1. The Hall–Kier alpha value is -2.96. The van der Waals surface area contributed by atoms with Crippen LogP contribution >= 0.6 is 0 Å². The smallest absolute Gasteiger partial charge is 0.259 e. The van der Waals surface area contributed by atoms with Crippen molar-refractivity contribution >= 4 is 17.5 Å². The van der Waals surface area contributed by atoms with Crippen molar-refractivity contribution in [2.75, 3.05) is 25.0 Å². The van der Waals surface area contributed by atoms with Gasteiger partial charge in [-0.3, -0.25) is 9.59 Å². The lowest BCUT2D eigenvalue weighted by molar-refractivity contribution is -0.118. The summed E-state index contributed by atoms with van der Waals surface area (Å²) in [6, 6.07) is 9.25. The third-order valence-electron chi connectivity index (χ3n) is 6.49. The first-order valence-electron chi connectivity index (χ1n) is 11.1. The van der Waals surface area contributed by atoms with Crippen LogP contribution in [0.25, 0.3) is 0 Å². The van der Waals surface area contributed by atoms with E-state index in [0.29, 0.717) is 56.3 Å². The SMILES string of the molecule is CC(C)c1ccc2c(c1)NC(=O)C[C@@H]1CCN(C(=O)c3c(F)cccc3F)C[C@@H]1CCO2. The van der Waals surface area contributed by atoms with E-state index in [9.17, 15) is 18.4 Å². The van der Waals surface area contributed by atoms with Crippen LogP contribution in [0.2, 0.25) is 0 Å². The second-order valence-corrected chi connectivity index (χ2v) is 8.96. The number of nitrogens with zero attached hydrogens (tertiary/aromatic N) is 1. The van der Waals surface area contributed by atoms with Crippen LogP contribution in [0.1, 0.15) is 54.9 Å². The zero-order valence-electron chi connectivity index (χ0n) is 18.4. The minimum absolute atomic E-state index is 0.00442. The van der Waals surface area contributed by atoms with E-state index in [1.165, 1.54) is 11.0 Å². The number of carbonyl (C=O) groups excluding carboxylic acids is 2. The Bertz CT molecular complexity index is 1000. The lowest BCUT2D eigenvalue weighted by atomic mass is 9.80. The maximum absolute atomic E-state index is 14.1. The molecule has 4 rings (SSSR count). The molecule has 7 heteroatoms. The second kappa shape index (κ2) is 9.27. The highest BCUT2D eigenvalue weighted by molar-refractivity contribution is 5.95. The molecule has 0 saturated carbocycles. The Morgan fingerprint density at radius 2 is 1.88 bits per heavy atom. The molecular weight excluding hydrogens is 414 g/mol. The quantitative estimate of drug-likeness (QED) is 0.714. The van der Waals surface area contributed by atoms with Crippen molar-refractivity contribution in [3.63, 3.8) is 0 Å². The fourth-order valence-electron chi connectivity index (χ4n) is 4.61. The number of likely N-dealkylation sites (tertiary alicyclic amines) is 1. The number of hydrogen-bond acceptors (Lipinski definition) is 3. The summed E-state index contributed by atoms with van der Waals surface area (Å²) in [5.41, 5.74) is 1.28. The van der Waals surface area contributed by atoms with Crippen molar-refractivity contribution in [3.05, 3.63) is 59.2 Å². The molecule has 2 amide bonds. The van der Waals surface area contributed by atoms with Gasteiger partial charge in [0.1, 0.15) is 22.9 Å². The third-order valence-corrected chi connectivity index (χ3v) is 6.49. The van der Waals surface area contributed by atoms with Gasteiger partial charge in [0, 0.05) is 19.5 Å². The maximum atomic E-state index is 14.1. The van der Waals surface area contributed by atoms with Crippen LogP contribution in [0.15, 0.2) is 36.4 Å². The van der Waals surface area contributed by atoms with E-state index in [4.69, 9.17) is 4.74 Å². The monoisotopic (exact) mass is 442 g/mol. The number of rotatable bonds is 2. The van der Waals surface area contributed by atoms with Gasteiger partial charge in [-0.2, -0.15) is 0 Å². The molecule has 0 bridgehead atoms. The minimum Gasteiger partial charge on any atom is -0.491 e. The van der Waals surface area contributed by atoms with Crippen LogP contribution in [0.4, 0.5) is 14.5 Å². The lowest BCUT2D eigenvalue weighted by Crippen LogP contribution is -2.45. The van der Waals surface area contributed by atoms with E-state index in [2.05, 4.69) is 19.2 Å². The Balaban J connectivity index is 1.51. The van der Waals surface area contributed by atoms with E-state index in [-0.39, 0.29) is 17.7 Å². The highest BCUT2D eigenvalue weighted by Crippen LogP contribution is 2.35. The number of amides is 2. The van der Waals surface area contributed by atoms with Gasteiger partial charge in [-0.25, -0.2) is 8.78 Å². The predicted octanol–water partition coefficient (Wildman–Crippen LogP) is 4.98. The standard InChI is InChI=1S/C25H28F2N2O3/c1-15(2)16-6-7-22-21(12-16)28-23(30)13-17-8-10-29(14-18(17)9-11-32-22)25(31)24-19(26)4-3-5-20(24)27/h3-7,12,15,17-18H,8-11,13-14H2,1-2H3,(H,28,30)/t17-,18-/m0/s1. The summed E-state index contributed by atoms with van der Waals surface area (Å²) >= 11 is 0. The van der Waals surface area contributed by atoms with Gasteiger partial charge in [0.25, 0.3) is 5.91 Å². The summed E-state index contributed by atoms with van der Waals surface area (Å²) in [7, 11) is 0. The van der Waals surface area contributed by atoms with Crippen LogP contribution in [0.5, 0.6) is 5.75 Å². The molecule has 0 radical (unpaired) electrons. The lowest BCUT2D eigenvalue weighted by Gasteiger charge is -2.39. The molecule has 2 heterocycles. The number of benzene rings is 2. The van der Waals surface area contributed by atoms with Crippen molar-refractivity contribution < 1.29 is 23.1 Å². The van der Waals surface area contributed by atoms with Gasteiger partial charge in [0.2, 0.25) is 5.91 Å². The van der Waals surface area contributed by atoms with Crippen molar-refractivity contribution in [2.45, 2.75) is 39.0 Å². The molecule has 0 spiro atoms. The largest absolute Gasteiger partial charge is 0.491 e. The van der Waals surface area contributed by atoms with Crippen molar-refractivity contribution in [1.82, 2.24) is 4.90 Å². The zero-order valence-corrected chi connectivity index (χ0v) is 18.4. The predicted molar refractivity (Wildman–Crippen MR) is 118 cm³/mol. The molecule has 2 aromatic rings. The Labute approximate surface area is 186 Å². The highest BCUT2D eigenvalue weighted by Gasteiger charge is 2.35. The molecule has 1 fully saturated rings. The first kappa shape index (κ1) is 22.2. The van der Waals surface area contributed by atoms with Gasteiger partial charge < -0.3 is 15.0 Å². The summed E-state index contributed by atoms with van der Waals surface area (Å²) in [4.78, 5) is 27.1. The van der Waals surface area contributed by atoms with E-state index in [1.54, 1.807) is 0 Å². The van der Waals surface area contributed by atoms with E-state index < -0.39 is 23.1 Å². The fourth-order valence-corrected chi connectivity index (χ4v) is 4.61. The van der Waals surface area contributed by atoms with Gasteiger partial charge in [-0.05, 0) is 60.4 Å². The van der Waals surface area contributed by atoms with Crippen LogP contribution in [-0.4, -0.2) is 36.4 Å². The van der Waals surface area contributed by atoms with Crippen LogP contribution < -0.4 is 10.1 Å². The molecule has 2 aliphatic rings. The summed E-state index contributed by atoms with van der Waals surface area (Å²) in [5, 5.41) is 2.99. The van der Waals surface area contributed by atoms with E-state index >= 15 is 0 Å². The molecule has 0 aliphatic carbocycles. The Morgan fingerprint density at radius 3 is 2.59 bits per heavy atom. The number of anilines is 1. The van der Waals surface area contributed by atoms with Crippen LogP contribution in [-0.2, 0) is 4.79 Å². The second-order valence-electron chi connectivity index (χ2n) is 8.96. The van der Waals surface area contributed by atoms with Gasteiger partial charge >= 0.3 is 0 Å². The van der Waals surface area contributed by atoms with E-state index in [1.807, 2.05) is 18.2 Å². The van der Waals surface area contributed by atoms with Crippen LogP contribution in [0, 0.1) is 23.5 Å². The van der Waals surface area contributed by atoms with Crippen molar-refractivity contribution in [1.29, 1.82) is 0 Å². The summed E-state index contributed by atoms with van der Waals surface area (Å²) in [6.45, 7) is 5.32. The average Bonchev–Trinajstić information content (AvgIpc) is 2.75. The Kier molecular flexibility index (Phi) is 6.44. The minimum atomic E-state index is -0.858. The molecule has 2 atom stereocenters. The number of piperidine rings is 1. The first-order valence-corrected chi connectivity index (χ1v) is 11.1. The Morgan fingerprint density at radius 1 is 1.12 bits per heavy atom. The molecule has 2 aromatic carbocycles. The van der Waals surface area contributed by atoms with Crippen molar-refractivity contribution in [3.8, 4) is 5.75 Å². The summed E-state index contributed by atoms with van der Waals surface area (Å²) in [6.07, 6.45) is 1.58. The molecule has 5 nitrogen and oxygen atoms in total. The average molecular weight is 443 g/mol. The van der Waals surface area contributed by atoms with Gasteiger partial charge in [0.05, 0.1) is 12.3 Å². The maximum Gasteiger partial charge on any atom is 0.259 e. The van der Waals surface area contributed by atoms with Crippen LogP contribution in [0.3, 0.4) is 0 Å². The molecule has 1 N–H and O–H groups in total. The highest BCUT2D eigenvalue weighted by atomic mass is 19.1. The van der Waals surface area contributed by atoms with Crippen molar-refractivity contribution in [2.24, 2.45) is 11.8 Å². The van der Waals surface area contributed by atoms with Gasteiger partial charge in [-0.1, -0.05) is 26.0 Å². The van der Waals surface area contributed by atoms with Gasteiger partial charge in [-0.15, -0.1) is 0 Å². The number of carbonyl (C=O) groups is 2. The number of nitrogens with one attached hydrogen (secondary N) is 1. The molecule has 1 saturated heterocycles.